The Kier molecular flexibility index (Phi) is 3.14. The normalized spacial score (nSPS) is 18.4. The van der Waals surface area contributed by atoms with E-state index in [0.29, 0.717) is 12.0 Å². The van der Waals surface area contributed by atoms with Crippen LogP contribution in [0.25, 0.3) is 0 Å². The van der Waals surface area contributed by atoms with Crippen LogP contribution in [0.4, 0.5) is 5.69 Å². The summed E-state index contributed by atoms with van der Waals surface area (Å²) in [5.74, 6) is -0.623. The molecule has 0 aliphatic carbocycles. The third kappa shape index (κ3) is 1.88. The van der Waals surface area contributed by atoms with Crippen LogP contribution < -0.4 is 4.90 Å². The van der Waals surface area contributed by atoms with Crippen LogP contribution in [0.15, 0.2) is 18.2 Å². The minimum absolute atomic E-state index is 0.0584. The number of ketones is 1. The first kappa shape index (κ1) is 12.3. The Balaban J connectivity index is 2.57. The van der Waals surface area contributed by atoms with E-state index in [9.17, 15) is 19.5 Å². The van der Waals surface area contributed by atoms with Crippen LogP contribution in [-0.4, -0.2) is 29.1 Å². The summed E-state index contributed by atoms with van der Waals surface area (Å²) in [6.07, 6.45) is 0.866. The van der Waals surface area contributed by atoms with Gasteiger partial charge in [0.15, 0.2) is 5.78 Å². The summed E-state index contributed by atoms with van der Waals surface area (Å²) in [6, 6.07) is 4.13. The molecule has 0 bridgehead atoms. The van der Waals surface area contributed by atoms with E-state index >= 15 is 0 Å². The highest BCUT2D eigenvalue weighted by atomic mass is 16.3. The molecule has 0 saturated heterocycles. The van der Waals surface area contributed by atoms with E-state index in [4.69, 9.17) is 0 Å². The molecule has 1 heterocycles. The van der Waals surface area contributed by atoms with E-state index in [1.54, 1.807) is 12.1 Å². The minimum atomic E-state index is -0.457. The second-order valence-corrected chi connectivity index (χ2v) is 4.24. The molecule has 1 aromatic rings. The molecule has 1 aliphatic rings. The van der Waals surface area contributed by atoms with Crippen LogP contribution in [0.1, 0.15) is 30.1 Å². The third-order valence-electron chi connectivity index (χ3n) is 3.05. The zero-order valence-electron chi connectivity index (χ0n) is 9.92. The molecule has 5 nitrogen and oxygen atoms in total. The van der Waals surface area contributed by atoms with Gasteiger partial charge in [0.05, 0.1) is 17.3 Å². The van der Waals surface area contributed by atoms with Crippen LogP contribution in [-0.2, 0) is 9.59 Å². The number of Topliss-reactive ketones (excluding diaryl/α,β-unsaturated/α-hetero) is 1. The zero-order valence-corrected chi connectivity index (χ0v) is 9.92. The summed E-state index contributed by atoms with van der Waals surface area (Å²) in [4.78, 5) is 35.7. The van der Waals surface area contributed by atoms with Crippen LogP contribution >= 0.6 is 0 Å². The molecule has 5 heteroatoms. The molecule has 18 heavy (non-hydrogen) atoms. The number of hydrogen-bond acceptors (Lipinski definition) is 4. The lowest BCUT2D eigenvalue weighted by Gasteiger charge is -2.35. The van der Waals surface area contributed by atoms with Crippen molar-refractivity contribution >= 4 is 23.7 Å². The smallest absolute Gasteiger partial charge is 0.224 e. The Morgan fingerprint density at radius 1 is 1.56 bits per heavy atom. The van der Waals surface area contributed by atoms with Crippen molar-refractivity contribution in [2.24, 2.45) is 0 Å². The lowest BCUT2D eigenvalue weighted by atomic mass is 9.92. The average molecular weight is 247 g/mol. The Bertz CT molecular complexity index is 524. The molecule has 0 fully saturated rings. The topological polar surface area (TPSA) is 74.7 Å². The summed E-state index contributed by atoms with van der Waals surface area (Å²) in [7, 11) is 0. The summed E-state index contributed by atoms with van der Waals surface area (Å²) in [6.45, 7) is 1.38. The summed E-state index contributed by atoms with van der Waals surface area (Å²) < 4.78 is 0. The van der Waals surface area contributed by atoms with E-state index in [1.165, 1.54) is 17.9 Å². The minimum Gasteiger partial charge on any atom is -0.507 e. The van der Waals surface area contributed by atoms with Gasteiger partial charge in [0.2, 0.25) is 5.91 Å². The molecule has 1 aliphatic heterocycles. The largest absolute Gasteiger partial charge is 0.507 e. The van der Waals surface area contributed by atoms with Gasteiger partial charge >= 0.3 is 0 Å². The van der Waals surface area contributed by atoms with Crippen molar-refractivity contribution in [3.8, 4) is 5.75 Å². The van der Waals surface area contributed by atoms with Gasteiger partial charge in [0.1, 0.15) is 12.0 Å². The Labute approximate surface area is 104 Å². The van der Waals surface area contributed by atoms with Crippen molar-refractivity contribution in [1.82, 2.24) is 0 Å². The molecule has 1 unspecified atom stereocenters. The second-order valence-electron chi connectivity index (χ2n) is 4.24. The maximum Gasteiger partial charge on any atom is 0.224 e. The van der Waals surface area contributed by atoms with E-state index < -0.39 is 6.04 Å². The third-order valence-corrected chi connectivity index (χ3v) is 3.05. The van der Waals surface area contributed by atoms with Gasteiger partial charge in [-0.15, -0.1) is 0 Å². The molecule has 94 valence electrons. The van der Waals surface area contributed by atoms with E-state index in [-0.39, 0.29) is 35.8 Å². The Morgan fingerprint density at radius 3 is 2.89 bits per heavy atom. The fraction of sp³-hybridized carbons (Fsp3) is 0.308. The molecule has 1 atom stereocenters. The molecular weight excluding hydrogens is 234 g/mol. The van der Waals surface area contributed by atoms with E-state index in [2.05, 4.69) is 0 Å². The Morgan fingerprint density at radius 2 is 2.28 bits per heavy atom. The van der Waals surface area contributed by atoms with E-state index in [0.717, 1.165) is 0 Å². The zero-order chi connectivity index (χ0) is 13.3. The lowest BCUT2D eigenvalue weighted by molar-refractivity contribution is -0.117. The number of amides is 1. The molecule has 1 aromatic carbocycles. The highest BCUT2D eigenvalue weighted by Gasteiger charge is 2.34. The number of anilines is 1. The van der Waals surface area contributed by atoms with Gasteiger partial charge in [-0.1, -0.05) is 6.07 Å². The molecule has 0 aromatic heterocycles. The summed E-state index contributed by atoms with van der Waals surface area (Å²) in [5, 5.41) is 9.71. The summed E-state index contributed by atoms with van der Waals surface area (Å²) in [5.41, 5.74) is 0.542. The first-order valence-corrected chi connectivity index (χ1v) is 5.65. The second kappa shape index (κ2) is 4.60. The van der Waals surface area contributed by atoms with Gasteiger partial charge in [-0.3, -0.25) is 9.59 Å². The number of aromatic hydroxyl groups is 1. The number of phenols is 1. The van der Waals surface area contributed by atoms with Gasteiger partial charge in [-0.25, -0.2) is 0 Å². The number of carbonyl (C=O) groups excluding carboxylic acids is 3. The number of benzene rings is 1. The maximum absolute atomic E-state index is 11.9. The van der Waals surface area contributed by atoms with Crippen LogP contribution in [0, 0.1) is 0 Å². The molecule has 1 N–H and O–H groups in total. The van der Waals surface area contributed by atoms with Gasteiger partial charge in [-0.05, 0) is 12.1 Å². The highest BCUT2D eigenvalue weighted by Crippen LogP contribution is 2.36. The molecule has 0 radical (unpaired) electrons. The van der Waals surface area contributed by atoms with Gasteiger partial charge < -0.3 is 14.8 Å². The SMILES string of the molecule is CC(=O)N1c2cccc(O)c2C(=O)CC1CC=O. The van der Waals surface area contributed by atoms with Crippen LogP contribution in [0.3, 0.4) is 0 Å². The van der Waals surface area contributed by atoms with Gasteiger partial charge in [0, 0.05) is 19.8 Å². The van der Waals surface area contributed by atoms with Crippen LogP contribution in [0.2, 0.25) is 0 Å². The number of fused-ring (bicyclic) bond motifs is 1. The monoisotopic (exact) mass is 247 g/mol. The van der Waals surface area contributed by atoms with Crippen molar-refractivity contribution in [3.63, 3.8) is 0 Å². The van der Waals surface area contributed by atoms with Crippen LogP contribution in [0.5, 0.6) is 5.75 Å². The number of phenolic OH excluding ortho intramolecular Hbond substituents is 1. The molecular formula is C13H13NO4. The molecule has 2 rings (SSSR count). The van der Waals surface area contributed by atoms with Crippen molar-refractivity contribution in [3.05, 3.63) is 23.8 Å². The number of nitrogens with zero attached hydrogens (tertiary/aromatic N) is 1. The summed E-state index contributed by atoms with van der Waals surface area (Å²) >= 11 is 0. The number of aldehydes is 1. The fourth-order valence-electron chi connectivity index (χ4n) is 2.35. The van der Waals surface area contributed by atoms with Gasteiger partial charge in [0.25, 0.3) is 0 Å². The quantitative estimate of drug-likeness (QED) is 0.799. The number of hydrogen-bond donors (Lipinski definition) is 1. The van der Waals surface area contributed by atoms with Crippen molar-refractivity contribution in [2.75, 3.05) is 4.90 Å². The van der Waals surface area contributed by atoms with Crippen molar-refractivity contribution in [2.45, 2.75) is 25.8 Å². The van der Waals surface area contributed by atoms with E-state index in [1.807, 2.05) is 0 Å². The first-order valence-electron chi connectivity index (χ1n) is 5.65. The van der Waals surface area contributed by atoms with Crippen molar-refractivity contribution in [1.29, 1.82) is 0 Å². The van der Waals surface area contributed by atoms with Crippen molar-refractivity contribution < 1.29 is 19.5 Å². The standard InChI is InChI=1S/C13H13NO4/c1-8(16)14-9(5-6-15)7-12(18)13-10(14)3-2-4-11(13)17/h2-4,6,9,17H,5,7H2,1H3. The highest BCUT2D eigenvalue weighted by molar-refractivity contribution is 6.11. The maximum atomic E-state index is 11.9. The number of rotatable bonds is 2. The average Bonchev–Trinajstić information content (AvgIpc) is 2.28. The van der Waals surface area contributed by atoms with Gasteiger partial charge in [-0.2, -0.15) is 0 Å². The Hall–Kier alpha value is -2.17. The number of carbonyl (C=O) groups is 3. The molecule has 0 saturated carbocycles. The fourth-order valence-corrected chi connectivity index (χ4v) is 2.35. The lowest BCUT2D eigenvalue weighted by Crippen LogP contribution is -2.44. The predicted octanol–water partition coefficient (Wildman–Crippen LogP) is 1.29. The molecule has 0 spiro atoms. The predicted molar refractivity (Wildman–Crippen MR) is 64.7 cm³/mol. The first-order chi connectivity index (χ1) is 8.56. The molecule has 1 amide bonds.